The third-order valence-electron chi connectivity index (χ3n) is 1.95. The summed E-state index contributed by atoms with van der Waals surface area (Å²) < 4.78 is 4.63. The van der Waals surface area contributed by atoms with Gasteiger partial charge in [0.1, 0.15) is 0 Å². The van der Waals surface area contributed by atoms with Gasteiger partial charge in [0.05, 0.1) is 6.61 Å². The molecule has 1 heterocycles. The molecule has 0 bridgehead atoms. The molecule has 1 fully saturated rings. The molecule has 14 heavy (non-hydrogen) atoms. The number of nitrogens with zero attached hydrogens (tertiary/aromatic N) is 1. The van der Waals surface area contributed by atoms with E-state index >= 15 is 0 Å². The standard InChI is InChI=1S/C8H11NO5/c1-2-14-8(13)9-4-3-5(10)6(9)7(11)12/h6H,2-4H2,1H3,(H,11,12). The molecule has 78 valence electrons. The van der Waals surface area contributed by atoms with Crippen LogP contribution in [0.5, 0.6) is 0 Å². The molecule has 0 aromatic carbocycles. The number of carbonyl (C=O) groups excluding carboxylic acids is 2. The van der Waals surface area contributed by atoms with Gasteiger partial charge < -0.3 is 9.84 Å². The molecule has 0 aliphatic carbocycles. The zero-order valence-electron chi connectivity index (χ0n) is 7.73. The van der Waals surface area contributed by atoms with Crippen LogP contribution in [0.2, 0.25) is 0 Å². The average molecular weight is 201 g/mol. The van der Waals surface area contributed by atoms with Crippen LogP contribution in [0.15, 0.2) is 0 Å². The van der Waals surface area contributed by atoms with Gasteiger partial charge in [-0.1, -0.05) is 0 Å². The van der Waals surface area contributed by atoms with Crippen LogP contribution in [-0.4, -0.2) is 47.0 Å². The molecule has 1 saturated heterocycles. The van der Waals surface area contributed by atoms with E-state index in [1.165, 1.54) is 0 Å². The molecule has 1 aliphatic rings. The summed E-state index contributed by atoms with van der Waals surface area (Å²) >= 11 is 0. The molecule has 0 saturated carbocycles. The summed E-state index contributed by atoms with van der Waals surface area (Å²) in [6.45, 7) is 1.90. The summed E-state index contributed by atoms with van der Waals surface area (Å²) in [5.74, 6) is -1.76. The summed E-state index contributed by atoms with van der Waals surface area (Å²) in [5.41, 5.74) is 0. The van der Waals surface area contributed by atoms with Gasteiger partial charge in [-0.15, -0.1) is 0 Å². The van der Waals surface area contributed by atoms with Crippen LogP contribution in [0.3, 0.4) is 0 Å². The Kier molecular flexibility index (Phi) is 3.06. The number of carboxylic acid groups (broad SMARTS) is 1. The Morgan fingerprint density at radius 1 is 1.64 bits per heavy atom. The number of rotatable bonds is 2. The molecule has 6 heteroatoms. The summed E-state index contributed by atoms with van der Waals surface area (Å²) in [5, 5.41) is 8.70. The van der Waals surface area contributed by atoms with E-state index in [1.54, 1.807) is 6.92 Å². The Labute approximate surface area is 80.4 Å². The molecule has 0 radical (unpaired) electrons. The van der Waals surface area contributed by atoms with Crippen molar-refractivity contribution in [2.24, 2.45) is 0 Å². The van der Waals surface area contributed by atoms with Crippen molar-refractivity contribution in [3.05, 3.63) is 0 Å². The quantitative estimate of drug-likeness (QED) is 0.629. The van der Waals surface area contributed by atoms with Crippen LogP contribution < -0.4 is 0 Å². The summed E-state index contributed by atoms with van der Waals surface area (Å²) in [4.78, 5) is 33.9. The third-order valence-corrected chi connectivity index (χ3v) is 1.95. The molecule has 6 nitrogen and oxygen atoms in total. The monoisotopic (exact) mass is 201 g/mol. The maximum atomic E-state index is 11.2. The van der Waals surface area contributed by atoms with Gasteiger partial charge in [0.25, 0.3) is 0 Å². The largest absolute Gasteiger partial charge is 0.479 e. The van der Waals surface area contributed by atoms with Crippen molar-refractivity contribution in [2.75, 3.05) is 13.2 Å². The number of hydrogen-bond donors (Lipinski definition) is 1. The maximum Gasteiger partial charge on any atom is 0.410 e. The second-order valence-electron chi connectivity index (χ2n) is 2.85. The molecule has 0 aromatic heterocycles. The fourth-order valence-corrected chi connectivity index (χ4v) is 1.34. The molecular formula is C8H11NO5. The van der Waals surface area contributed by atoms with Gasteiger partial charge >= 0.3 is 12.1 Å². The van der Waals surface area contributed by atoms with Crippen molar-refractivity contribution >= 4 is 17.8 Å². The smallest absolute Gasteiger partial charge is 0.410 e. The van der Waals surface area contributed by atoms with Crippen LogP contribution in [0, 0.1) is 0 Å². The molecular weight excluding hydrogens is 190 g/mol. The van der Waals surface area contributed by atoms with Crippen molar-refractivity contribution in [1.82, 2.24) is 4.90 Å². The minimum atomic E-state index is -1.37. The first-order valence-electron chi connectivity index (χ1n) is 4.26. The highest BCUT2D eigenvalue weighted by atomic mass is 16.6. The highest BCUT2D eigenvalue weighted by molar-refractivity contribution is 6.06. The van der Waals surface area contributed by atoms with E-state index in [2.05, 4.69) is 4.74 Å². The van der Waals surface area contributed by atoms with E-state index in [-0.39, 0.29) is 19.6 Å². The van der Waals surface area contributed by atoms with Crippen LogP contribution in [0.25, 0.3) is 0 Å². The number of Topliss-reactive ketones (excluding diaryl/α,β-unsaturated/α-hetero) is 1. The summed E-state index contributed by atoms with van der Waals surface area (Å²) in [6.07, 6.45) is -0.666. The first-order valence-corrected chi connectivity index (χ1v) is 4.26. The summed E-state index contributed by atoms with van der Waals surface area (Å²) in [6, 6.07) is -1.37. The zero-order valence-corrected chi connectivity index (χ0v) is 7.73. The average Bonchev–Trinajstić information content (AvgIpc) is 2.47. The number of likely N-dealkylation sites (tertiary alicyclic amines) is 1. The van der Waals surface area contributed by atoms with Crippen molar-refractivity contribution in [3.63, 3.8) is 0 Å². The third kappa shape index (κ3) is 1.84. The fraction of sp³-hybridized carbons (Fsp3) is 0.625. The number of carboxylic acids is 1. The van der Waals surface area contributed by atoms with E-state index in [9.17, 15) is 14.4 Å². The molecule has 1 rings (SSSR count). The second kappa shape index (κ2) is 4.08. The highest BCUT2D eigenvalue weighted by Crippen LogP contribution is 2.15. The first-order chi connectivity index (χ1) is 6.57. The van der Waals surface area contributed by atoms with Crippen molar-refractivity contribution in [2.45, 2.75) is 19.4 Å². The molecule has 1 aliphatic heterocycles. The van der Waals surface area contributed by atoms with Gasteiger partial charge in [0.15, 0.2) is 11.8 Å². The van der Waals surface area contributed by atoms with Gasteiger partial charge in [0, 0.05) is 13.0 Å². The number of ketones is 1. The fourth-order valence-electron chi connectivity index (χ4n) is 1.34. The molecule has 1 N–H and O–H groups in total. The van der Waals surface area contributed by atoms with Crippen LogP contribution in [0.4, 0.5) is 4.79 Å². The number of amides is 1. The Hall–Kier alpha value is -1.59. The van der Waals surface area contributed by atoms with Crippen LogP contribution >= 0.6 is 0 Å². The Morgan fingerprint density at radius 2 is 2.29 bits per heavy atom. The van der Waals surface area contributed by atoms with Crippen molar-refractivity contribution in [3.8, 4) is 0 Å². The van der Waals surface area contributed by atoms with E-state index in [0.29, 0.717) is 0 Å². The lowest BCUT2D eigenvalue weighted by Crippen LogP contribution is -2.43. The van der Waals surface area contributed by atoms with Gasteiger partial charge in [-0.05, 0) is 6.92 Å². The normalized spacial score (nSPS) is 21.1. The minimum absolute atomic E-state index is 0.0791. The number of ether oxygens (including phenoxy) is 1. The van der Waals surface area contributed by atoms with Crippen LogP contribution in [-0.2, 0) is 14.3 Å². The number of hydrogen-bond acceptors (Lipinski definition) is 4. The van der Waals surface area contributed by atoms with Gasteiger partial charge in [-0.2, -0.15) is 0 Å². The second-order valence-corrected chi connectivity index (χ2v) is 2.85. The van der Waals surface area contributed by atoms with Crippen LogP contribution in [0.1, 0.15) is 13.3 Å². The minimum Gasteiger partial charge on any atom is -0.479 e. The van der Waals surface area contributed by atoms with E-state index in [1.807, 2.05) is 0 Å². The Balaban J connectivity index is 2.74. The topological polar surface area (TPSA) is 83.9 Å². The van der Waals surface area contributed by atoms with Gasteiger partial charge in [-0.3, -0.25) is 9.69 Å². The van der Waals surface area contributed by atoms with E-state index < -0.39 is 23.9 Å². The number of aliphatic carboxylic acids is 1. The predicted molar refractivity (Wildman–Crippen MR) is 44.8 cm³/mol. The lowest BCUT2D eigenvalue weighted by molar-refractivity contribution is -0.144. The van der Waals surface area contributed by atoms with E-state index in [0.717, 1.165) is 4.90 Å². The SMILES string of the molecule is CCOC(=O)N1CCC(=O)C1C(=O)O. The summed E-state index contributed by atoms with van der Waals surface area (Å²) in [7, 11) is 0. The highest BCUT2D eigenvalue weighted by Gasteiger charge is 2.41. The molecule has 1 atom stereocenters. The number of carbonyl (C=O) groups is 3. The van der Waals surface area contributed by atoms with Crippen molar-refractivity contribution in [1.29, 1.82) is 0 Å². The lowest BCUT2D eigenvalue weighted by atomic mass is 10.2. The molecule has 0 spiro atoms. The predicted octanol–water partition coefficient (Wildman–Crippen LogP) is -0.129. The van der Waals surface area contributed by atoms with Gasteiger partial charge in [0.2, 0.25) is 0 Å². The van der Waals surface area contributed by atoms with E-state index in [4.69, 9.17) is 5.11 Å². The van der Waals surface area contributed by atoms with Crippen molar-refractivity contribution < 1.29 is 24.2 Å². The zero-order chi connectivity index (χ0) is 10.7. The van der Waals surface area contributed by atoms with Gasteiger partial charge in [-0.25, -0.2) is 9.59 Å². The first kappa shape index (κ1) is 10.5. The molecule has 1 unspecified atom stereocenters. The molecule has 1 amide bonds. The lowest BCUT2D eigenvalue weighted by Gasteiger charge is -2.18. The Morgan fingerprint density at radius 3 is 2.79 bits per heavy atom. The molecule has 0 aromatic rings. The maximum absolute atomic E-state index is 11.2. The Bertz CT molecular complexity index is 275.